The summed E-state index contributed by atoms with van der Waals surface area (Å²) < 4.78 is 0. The highest BCUT2D eigenvalue weighted by Crippen LogP contribution is 2.18. The van der Waals surface area contributed by atoms with Gasteiger partial charge in [0.1, 0.15) is 0 Å². The highest BCUT2D eigenvalue weighted by atomic mass is 16.3. The van der Waals surface area contributed by atoms with Gasteiger partial charge in [-0.3, -0.25) is 0 Å². The van der Waals surface area contributed by atoms with Crippen molar-refractivity contribution in [1.29, 1.82) is 0 Å². The molecule has 0 spiro atoms. The SMILES string of the molecule is CCCCCCCC(CO)CCCCCCCCCO. The van der Waals surface area contributed by atoms with E-state index >= 15 is 0 Å². The first kappa shape index (κ1) is 19.9. The fourth-order valence-electron chi connectivity index (χ4n) is 2.79. The van der Waals surface area contributed by atoms with Gasteiger partial charge in [0.05, 0.1) is 0 Å². The molecule has 0 aromatic heterocycles. The molecule has 122 valence electrons. The molecular weight excluding hydrogens is 248 g/mol. The van der Waals surface area contributed by atoms with E-state index in [2.05, 4.69) is 6.92 Å². The van der Waals surface area contributed by atoms with E-state index in [1.54, 1.807) is 0 Å². The molecule has 0 radical (unpaired) electrons. The van der Waals surface area contributed by atoms with Gasteiger partial charge in [-0.1, -0.05) is 77.6 Å². The minimum atomic E-state index is 0.344. The second kappa shape index (κ2) is 17.0. The molecule has 0 aliphatic heterocycles. The zero-order chi connectivity index (χ0) is 14.9. The maximum absolute atomic E-state index is 9.40. The number of hydrogen-bond acceptors (Lipinski definition) is 2. The van der Waals surface area contributed by atoms with Crippen LogP contribution in [0, 0.1) is 5.92 Å². The average molecular weight is 286 g/mol. The van der Waals surface area contributed by atoms with E-state index in [1.165, 1.54) is 83.5 Å². The second-order valence-corrected chi connectivity index (χ2v) is 6.24. The highest BCUT2D eigenvalue weighted by molar-refractivity contribution is 4.59. The van der Waals surface area contributed by atoms with Gasteiger partial charge in [0.2, 0.25) is 0 Å². The van der Waals surface area contributed by atoms with Crippen molar-refractivity contribution in [3.8, 4) is 0 Å². The quantitative estimate of drug-likeness (QED) is 0.389. The largest absolute Gasteiger partial charge is 0.396 e. The summed E-state index contributed by atoms with van der Waals surface area (Å²) in [5.41, 5.74) is 0. The van der Waals surface area contributed by atoms with E-state index in [4.69, 9.17) is 5.11 Å². The molecule has 0 aromatic carbocycles. The lowest BCUT2D eigenvalue weighted by atomic mass is 9.95. The molecule has 2 N–H and O–H groups in total. The second-order valence-electron chi connectivity index (χ2n) is 6.24. The van der Waals surface area contributed by atoms with Crippen molar-refractivity contribution < 1.29 is 10.2 Å². The first-order valence-corrected chi connectivity index (χ1v) is 9.06. The molecule has 1 atom stereocenters. The summed E-state index contributed by atoms with van der Waals surface area (Å²) >= 11 is 0. The predicted molar refractivity (Wildman–Crippen MR) is 88.0 cm³/mol. The first-order chi connectivity index (χ1) is 9.85. The number of aliphatic hydroxyl groups excluding tert-OH is 2. The molecule has 0 amide bonds. The predicted octanol–water partition coefficient (Wildman–Crippen LogP) is 5.07. The van der Waals surface area contributed by atoms with Crippen LogP contribution in [-0.2, 0) is 0 Å². The zero-order valence-electron chi connectivity index (χ0n) is 13.8. The third-order valence-electron chi connectivity index (χ3n) is 4.24. The van der Waals surface area contributed by atoms with Gasteiger partial charge in [-0.05, 0) is 25.2 Å². The molecule has 0 bridgehead atoms. The van der Waals surface area contributed by atoms with Crippen LogP contribution in [0.5, 0.6) is 0 Å². The normalized spacial score (nSPS) is 12.8. The zero-order valence-corrected chi connectivity index (χ0v) is 13.8. The third-order valence-corrected chi connectivity index (χ3v) is 4.24. The summed E-state index contributed by atoms with van der Waals surface area (Å²) in [7, 11) is 0. The maximum atomic E-state index is 9.40. The van der Waals surface area contributed by atoms with Crippen molar-refractivity contribution in [2.45, 2.75) is 96.8 Å². The number of rotatable bonds is 16. The molecule has 0 heterocycles. The van der Waals surface area contributed by atoms with Crippen LogP contribution < -0.4 is 0 Å². The molecule has 0 aromatic rings. The highest BCUT2D eigenvalue weighted by Gasteiger charge is 2.06. The van der Waals surface area contributed by atoms with Gasteiger partial charge < -0.3 is 10.2 Å². The molecule has 2 nitrogen and oxygen atoms in total. The smallest absolute Gasteiger partial charge is 0.0459 e. The molecular formula is C18H38O2. The van der Waals surface area contributed by atoms with Crippen LogP contribution in [0.3, 0.4) is 0 Å². The Balaban J connectivity index is 3.28. The van der Waals surface area contributed by atoms with E-state index in [9.17, 15) is 5.11 Å². The molecule has 2 heteroatoms. The molecule has 0 aliphatic rings. The molecule has 1 unspecified atom stereocenters. The maximum Gasteiger partial charge on any atom is 0.0459 e. The Bertz CT molecular complexity index is 171. The van der Waals surface area contributed by atoms with Crippen molar-refractivity contribution >= 4 is 0 Å². The van der Waals surface area contributed by atoms with Gasteiger partial charge in [0.25, 0.3) is 0 Å². The van der Waals surface area contributed by atoms with Crippen LogP contribution >= 0.6 is 0 Å². The lowest BCUT2D eigenvalue weighted by Gasteiger charge is -2.13. The van der Waals surface area contributed by atoms with E-state index in [1.807, 2.05) is 0 Å². The first-order valence-electron chi connectivity index (χ1n) is 9.06. The Morgan fingerprint density at radius 2 is 1.05 bits per heavy atom. The van der Waals surface area contributed by atoms with Crippen LogP contribution in [0.4, 0.5) is 0 Å². The molecule has 0 fully saturated rings. The Morgan fingerprint density at radius 3 is 1.50 bits per heavy atom. The molecule has 0 rings (SSSR count). The van der Waals surface area contributed by atoms with Crippen molar-refractivity contribution in [3.63, 3.8) is 0 Å². The van der Waals surface area contributed by atoms with Crippen molar-refractivity contribution in [1.82, 2.24) is 0 Å². The van der Waals surface area contributed by atoms with Crippen LogP contribution in [-0.4, -0.2) is 23.4 Å². The summed E-state index contributed by atoms with van der Waals surface area (Å²) in [6.45, 7) is 2.97. The number of aliphatic hydroxyl groups is 2. The van der Waals surface area contributed by atoms with E-state index < -0.39 is 0 Å². The lowest BCUT2D eigenvalue weighted by Crippen LogP contribution is -2.06. The monoisotopic (exact) mass is 286 g/mol. The summed E-state index contributed by atoms with van der Waals surface area (Å²) in [6.07, 6.45) is 17.7. The number of unbranched alkanes of at least 4 members (excludes halogenated alkanes) is 10. The molecule has 0 saturated heterocycles. The fraction of sp³-hybridized carbons (Fsp3) is 1.00. The molecule has 0 aliphatic carbocycles. The van der Waals surface area contributed by atoms with Crippen molar-refractivity contribution in [2.24, 2.45) is 5.92 Å². The average Bonchev–Trinajstić information content (AvgIpc) is 2.47. The van der Waals surface area contributed by atoms with Crippen molar-refractivity contribution in [3.05, 3.63) is 0 Å². The topological polar surface area (TPSA) is 40.5 Å². The van der Waals surface area contributed by atoms with E-state index in [0.29, 0.717) is 19.1 Å². The van der Waals surface area contributed by atoms with Crippen LogP contribution in [0.25, 0.3) is 0 Å². The number of hydrogen-bond donors (Lipinski definition) is 2. The summed E-state index contributed by atoms with van der Waals surface area (Å²) in [4.78, 5) is 0. The Labute approximate surface area is 127 Å². The summed E-state index contributed by atoms with van der Waals surface area (Å²) in [5.74, 6) is 0.547. The Hall–Kier alpha value is -0.0800. The molecule has 20 heavy (non-hydrogen) atoms. The Kier molecular flexibility index (Phi) is 16.9. The van der Waals surface area contributed by atoms with Crippen molar-refractivity contribution in [2.75, 3.05) is 13.2 Å². The van der Waals surface area contributed by atoms with E-state index in [0.717, 1.165) is 6.42 Å². The van der Waals surface area contributed by atoms with Gasteiger partial charge in [-0.2, -0.15) is 0 Å². The van der Waals surface area contributed by atoms with Crippen LogP contribution in [0.15, 0.2) is 0 Å². The van der Waals surface area contributed by atoms with Gasteiger partial charge in [-0.15, -0.1) is 0 Å². The van der Waals surface area contributed by atoms with Gasteiger partial charge in [0.15, 0.2) is 0 Å². The fourth-order valence-corrected chi connectivity index (χ4v) is 2.79. The molecule has 0 saturated carbocycles. The standard InChI is InChI=1S/C18H38O2/c1-2-3-4-8-11-14-18(17-20)15-12-9-6-5-7-10-13-16-19/h18-20H,2-17H2,1H3. The van der Waals surface area contributed by atoms with Crippen LogP contribution in [0.1, 0.15) is 96.8 Å². The van der Waals surface area contributed by atoms with E-state index in [-0.39, 0.29) is 0 Å². The Morgan fingerprint density at radius 1 is 0.600 bits per heavy atom. The van der Waals surface area contributed by atoms with Gasteiger partial charge in [0, 0.05) is 13.2 Å². The van der Waals surface area contributed by atoms with Crippen LogP contribution in [0.2, 0.25) is 0 Å². The summed E-state index contributed by atoms with van der Waals surface area (Å²) in [6, 6.07) is 0. The third kappa shape index (κ3) is 14.3. The minimum absolute atomic E-state index is 0.344. The summed E-state index contributed by atoms with van der Waals surface area (Å²) in [5, 5.41) is 18.1. The lowest BCUT2D eigenvalue weighted by molar-refractivity contribution is 0.204. The van der Waals surface area contributed by atoms with Gasteiger partial charge in [-0.25, -0.2) is 0 Å². The van der Waals surface area contributed by atoms with Gasteiger partial charge >= 0.3 is 0 Å². The minimum Gasteiger partial charge on any atom is -0.396 e.